The molecule has 1 aliphatic carbocycles. The van der Waals surface area contributed by atoms with Gasteiger partial charge in [-0.05, 0) is 42.5 Å². The Labute approximate surface area is 122 Å². The maximum Gasteiger partial charge on any atom is 0.194 e. The molecular weight excluding hydrogens is 275 g/mol. The molecular formula is C17H14ClFO. The number of halogens is 2. The molecule has 0 aromatic heterocycles. The number of carbonyl (C=O) groups excluding carboxylic acids is 1. The van der Waals surface area contributed by atoms with Gasteiger partial charge in [-0.2, -0.15) is 0 Å². The normalized spacial score (nSPS) is 14.9. The Bertz CT molecular complexity index is 662. The molecule has 0 atom stereocenters. The molecule has 0 radical (unpaired) electrons. The largest absolute Gasteiger partial charge is 0.289 e. The summed E-state index contributed by atoms with van der Waals surface area (Å²) < 4.78 is 13.4. The van der Waals surface area contributed by atoms with Gasteiger partial charge in [-0.15, -0.1) is 0 Å². The van der Waals surface area contributed by atoms with Gasteiger partial charge in [0.2, 0.25) is 0 Å². The Morgan fingerprint density at radius 3 is 2.60 bits per heavy atom. The molecule has 2 aromatic carbocycles. The van der Waals surface area contributed by atoms with E-state index < -0.39 is 5.82 Å². The standard InChI is InChI=1S/C17H14ClFO/c18-16-14(8-3-9-15(16)19)17(20)13-7-2-6-12(10-13)11-4-1-5-11/h2-3,6-11H,1,4-5H2. The van der Waals surface area contributed by atoms with Crippen LogP contribution in [-0.2, 0) is 0 Å². The van der Waals surface area contributed by atoms with E-state index in [-0.39, 0.29) is 16.4 Å². The van der Waals surface area contributed by atoms with E-state index in [1.165, 1.54) is 37.0 Å². The molecule has 0 aliphatic heterocycles. The van der Waals surface area contributed by atoms with Gasteiger partial charge in [0.15, 0.2) is 5.78 Å². The van der Waals surface area contributed by atoms with Crippen molar-refractivity contribution in [1.82, 2.24) is 0 Å². The third-order valence-electron chi connectivity index (χ3n) is 3.92. The fourth-order valence-corrected chi connectivity index (χ4v) is 2.72. The van der Waals surface area contributed by atoms with E-state index in [2.05, 4.69) is 0 Å². The SMILES string of the molecule is O=C(c1cccc(C2CCC2)c1)c1cccc(F)c1Cl. The van der Waals surface area contributed by atoms with Crippen LogP contribution in [0.25, 0.3) is 0 Å². The minimum atomic E-state index is -0.562. The summed E-state index contributed by atoms with van der Waals surface area (Å²) in [6.45, 7) is 0. The fourth-order valence-electron chi connectivity index (χ4n) is 2.51. The molecule has 0 N–H and O–H groups in total. The quantitative estimate of drug-likeness (QED) is 0.728. The minimum Gasteiger partial charge on any atom is -0.289 e. The summed E-state index contributed by atoms with van der Waals surface area (Å²) in [5, 5.41) is -0.105. The van der Waals surface area contributed by atoms with Crippen molar-refractivity contribution in [3.05, 3.63) is 70.0 Å². The van der Waals surface area contributed by atoms with Crippen molar-refractivity contribution in [2.45, 2.75) is 25.2 Å². The van der Waals surface area contributed by atoms with Gasteiger partial charge in [0, 0.05) is 11.1 Å². The van der Waals surface area contributed by atoms with Crippen molar-refractivity contribution in [2.24, 2.45) is 0 Å². The summed E-state index contributed by atoms with van der Waals surface area (Å²) in [5.74, 6) is -0.228. The smallest absolute Gasteiger partial charge is 0.194 e. The predicted molar refractivity (Wildman–Crippen MR) is 77.9 cm³/mol. The predicted octanol–water partition coefficient (Wildman–Crippen LogP) is 4.98. The molecule has 3 heteroatoms. The van der Waals surface area contributed by atoms with Crippen molar-refractivity contribution in [3.8, 4) is 0 Å². The second kappa shape index (κ2) is 5.37. The average molecular weight is 289 g/mol. The molecule has 1 aliphatic rings. The van der Waals surface area contributed by atoms with Crippen molar-refractivity contribution >= 4 is 17.4 Å². The lowest BCUT2D eigenvalue weighted by Gasteiger charge is -2.26. The lowest BCUT2D eigenvalue weighted by atomic mass is 9.79. The summed E-state index contributed by atoms with van der Waals surface area (Å²) in [7, 11) is 0. The fraction of sp³-hybridized carbons (Fsp3) is 0.235. The van der Waals surface area contributed by atoms with Crippen LogP contribution in [0.4, 0.5) is 4.39 Å². The Morgan fingerprint density at radius 2 is 1.90 bits per heavy atom. The van der Waals surface area contributed by atoms with E-state index in [0.717, 1.165) is 0 Å². The molecule has 1 fully saturated rings. The van der Waals surface area contributed by atoms with Crippen LogP contribution in [0.15, 0.2) is 42.5 Å². The summed E-state index contributed by atoms with van der Waals surface area (Å²) in [6.07, 6.45) is 3.61. The molecule has 0 spiro atoms. The van der Waals surface area contributed by atoms with Crippen molar-refractivity contribution in [2.75, 3.05) is 0 Å². The molecule has 0 saturated heterocycles. The summed E-state index contributed by atoms with van der Waals surface area (Å²) >= 11 is 5.88. The van der Waals surface area contributed by atoms with Crippen LogP contribution in [0.2, 0.25) is 5.02 Å². The number of hydrogen-bond acceptors (Lipinski definition) is 1. The van der Waals surface area contributed by atoms with Crippen LogP contribution < -0.4 is 0 Å². The Kier molecular flexibility index (Phi) is 3.58. The first-order valence-corrected chi connectivity index (χ1v) is 7.13. The molecule has 0 heterocycles. The zero-order valence-corrected chi connectivity index (χ0v) is 11.7. The van der Waals surface area contributed by atoms with E-state index in [1.54, 1.807) is 12.1 Å². The molecule has 1 saturated carbocycles. The number of carbonyl (C=O) groups is 1. The van der Waals surface area contributed by atoms with Gasteiger partial charge >= 0.3 is 0 Å². The third-order valence-corrected chi connectivity index (χ3v) is 4.31. The summed E-state index contributed by atoms with van der Waals surface area (Å²) in [4.78, 5) is 12.4. The van der Waals surface area contributed by atoms with Gasteiger partial charge in [-0.1, -0.05) is 42.3 Å². The molecule has 102 valence electrons. The average Bonchev–Trinajstić information content (AvgIpc) is 2.40. The molecule has 20 heavy (non-hydrogen) atoms. The van der Waals surface area contributed by atoms with E-state index in [1.807, 2.05) is 18.2 Å². The van der Waals surface area contributed by atoms with Crippen LogP contribution >= 0.6 is 11.6 Å². The molecule has 1 nitrogen and oxygen atoms in total. The van der Waals surface area contributed by atoms with Crippen LogP contribution in [0.5, 0.6) is 0 Å². The second-order valence-corrected chi connectivity index (χ2v) is 5.56. The Balaban J connectivity index is 1.95. The van der Waals surface area contributed by atoms with Gasteiger partial charge in [-0.25, -0.2) is 4.39 Å². The molecule has 2 aromatic rings. The highest BCUT2D eigenvalue weighted by Gasteiger charge is 2.21. The lowest BCUT2D eigenvalue weighted by Crippen LogP contribution is -2.10. The zero-order valence-electron chi connectivity index (χ0n) is 10.9. The Morgan fingerprint density at radius 1 is 1.15 bits per heavy atom. The highest BCUT2D eigenvalue weighted by atomic mass is 35.5. The van der Waals surface area contributed by atoms with E-state index >= 15 is 0 Å². The third kappa shape index (κ3) is 2.36. The second-order valence-electron chi connectivity index (χ2n) is 5.18. The van der Waals surface area contributed by atoms with Crippen LogP contribution in [-0.4, -0.2) is 5.78 Å². The molecule has 0 bridgehead atoms. The Hall–Kier alpha value is -1.67. The highest BCUT2D eigenvalue weighted by molar-refractivity contribution is 6.35. The first-order chi connectivity index (χ1) is 9.66. The van der Waals surface area contributed by atoms with Crippen molar-refractivity contribution in [1.29, 1.82) is 0 Å². The molecule has 0 amide bonds. The number of ketones is 1. The van der Waals surface area contributed by atoms with Crippen LogP contribution in [0, 0.1) is 5.82 Å². The van der Waals surface area contributed by atoms with Gasteiger partial charge in [0.05, 0.1) is 5.02 Å². The van der Waals surface area contributed by atoms with E-state index in [0.29, 0.717) is 11.5 Å². The van der Waals surface area contributed by atoms with Gasteiger partial charge in [-0.3, -0.25) is 4.79 Å². The number of hydrogen-bond donors (Lipinski definition) is 0. The molecule has 0 unspecified atom stereocenters. The van der Waals surface area contributed by atoms with Gasteiger partial charge in [0.25, 0.3) is 0 Å². The first kappa shape index (κ1) is 13.3. The minimum absolute atomic E-state index is 0.105. The van der Waals surface area contributed by atoms with Crippen molar-refractivity contribution < 1.29 is 9.18 Å². The topological polar surface area (TPSA) is 17.1 Å². The first-order valence-electron chi connectivity index (χ1n) is 6.75. The number of rotatable bonds is 3. The van der Waals surface area contributed by atoms with Crippen molar-refractivity contribution in [3.63, 3.8) is 0 Å². The molecule has 3 rings (SSSR count). The zero-order chi connectivity index (χ0) is 14.1. The van der Waals surface area contributed by atoms with Gasteiger partial charge in [0.1, 0.15) is 5.82 Å². The van der Waals surface area contributed by atoms with Gasteiger partial charge < -0.3 is 0 Å². The maximum atomic E-state index is 13.4. The van der Waals surface area contributed by atoms with Crippen LogP contribution in [0.3, 0.4) is 0 Å². The maximum absolute atomic E-state index is 13.4. The summed E-state index contributed by atoms with van der Waals surface area (Å²) in [5.41, 5.74) is 1.98. The number of benzene rings is 2. The monoisotopic (exact) mass is 288 g/mol. The lowest BCUT2D eigenvalue weighted by molar-refractivity contribution is 0.103. The highest BCUT2D eigenvalue weighted by Crippen LogP contribution is 2.36. The van der Waals surface area contributed by atoms with Crippen LogP contribution in [0.1, 0.15) is 46.7 Å². The summed E-state index contributed by atoms with van der Waals surface area (Å²) in [6, 6.07) is 11.9. The van der Waals surface area contributed by atoms with E-state index in [4.69, 9.17) is 11.6 Å². The van der Waals surface area contributed by atoms with E-state index in [9.17, 15) is 9.18 Å².